The van der Waals surface area contributed by atoms with E-state index in [1.165, 1.54) is 0 Å². The second-order valence-electron chi connectivity index (χ2n) is 2.16. The Morgan fingerprint density at radius 2 is 2.56 bits per heavy atom. The zero-order valence-corrected chi connectivity index (χ0v) is 5.21. The third-order valence-corrected chi connectivity index (χ3v) is 1.43. The van der Waals surface area contributed by atoms with E-state index in [1.54, 1.807) is 0 Å². The number of hydrogen-bond acceptors (Lipinski definition) is 1. The van der Waals surface area contributed by atoms with Gasteiger partial charge in [-0.15, -0.1) is 0 Å². The molecule has 3 heteroatoms. The van der Waals surface area contributed by atoms with Crippen molar-refractivity contribution >= 4 is 5.91 Å². The minimum absolute atomic E-state index is 0.0984. The summed E-state index contributed by atoms with van der Waals surface area (Å²) in [6.45, 7) is 1.44. The normalized spacial score (nSPS) is 27.8. The number of piperidine rings is 1. The summed E-state index contributed by atoms with van der Waals surface area (Å²) in [5.74, 6) is -0.350. The maximum Gasteiger partial charge on any atom is 0.222 e. The van der Waals surface area contributed by atoms with Gasteiger partial charge >= 0.3 is 0 Å². The molecule has 0 bridgehead atoms. The van der Waals surface area contributed by atoms with Gasteiger partial charge in [0.15, 0.2) is 0 Å². The third kappa shape index (κ3) is 1.68. The van der Waals surface area contributed by atoms with Gasteiger partial charge in [-0.1, -0.05) is 0 Å². The molecule has 2 N–H and O–H groups in total. The van der Waals surface area contributed by atoms with Crippen LogP contribution >= 0.6 is 0 Å². The van der Waals surface area contributed by atoms with E-state index in [0.29, 0.717) is 6.54 Å². The summed E-state index contributed by atoms with van der Waals surface area (Å²) in [5, 5.41) is 4.05. The van der Waals surface area contributed by atoms with E-state index < -0.39 is 0 Å². The van der Waals surface area contributed by atoms with Crippen LogP contribution in [0.1, 0.15) is 6.42 Å². The monoisotopic (exact) mass is 126 g/mol. The summed E-state index contributed by atoms with van der Waals surface area (Å²) < 4.78 is 0. The van der Waals surface area contributed by atoms with Crippen LogP contribution in [-0.4, -0.2) is 19.0 Å². The number of rotatable bonds is 1. The van der Waals surface area contributed by atoms with Gasteiger partial charge in [0.1, 0.15) is 0 Å². The molecule has 0 aliphatic carbocycles. The van der Waals surface area contributed by atoms with Crippen LogP contribution in [0.2, 0.25) is 0 Å². The van der Waals surface area contributed by atoms with Gasteiger partial charge in [-0.2, -0.15) is 0 Å². The standard InChI is InChI=1S/C6H10N2O/c7-6(9)5-2-1-3-8-4-5/h2,5H,1,3-4H2,(H2,7,9). The van der Waals surface area contributed by atoms with E-state index in [2.05, 4.69) is 5.32 Å². The Kier molecular flexibility index (Phi) is 2.05. The van der Waals surface area contributed by atoms with Gasteiger partial charge in [0, 0.05) is 13.1 Å². The van der Waals surface area contributed by atoms with E-state index in [4.69, 9.17) is 5.73 Å². The number of amides is 1. The molecule has 1 unspecified atom stereocenters. The highest BCUT2D eigenvalue weighted by Gasteiger charge is 2.18. The SMILES string of the molecule is NC(=O)C1[CH]CC[N]C1. The minimum atomic E-state index is -0.251. The van der Waals surface area contributed by atoms with Gasteiger partial charge in [-0.05, 0) is 12.8 Å². The predicted molar refractivity (Wildman–Crippen MR) is 33.5 cm³/mol. The lowest BCUT2D eigenvalue weighted by Crippen LogP contribution is -2.34. The topological polar surface area (TPSA) is 57.2 Å². The first-order valence-electron chi connectivity index (χ1n) is 3.06. The third-order valence-electron chi connectivity index (χ3n) is 1.43. The van der Waals surface area contributed by atoms with Crippen LogP contribution in [0.4, 0.5) is 0 Å². The van der Waals surface area contributed by atoms with Gasteiger partial charge < -0.3 is 5.73 Å². The molecule has 0 aromatic heterocycles. The molecule has 1 rings (SSSR count). The molecule has 3 nitrogen and oxygen atoms in total. The lowest BCUT2D eigenvalue weighted by molar-refractivity contribution is -0.121. The molecular weight excluding hydrogens is 116 g/mol. The van der Waals surface area contributed by atoms with Crippen molar-refractivity contribution in [3.63, 3.8) is 0 Å². The number of carbonyl (C=O) groups is 1. The lowest BCUT2D eigenvalue weighted by Gasteiger charge is -2.17. The van der Waals surface area contributed by atoms with Crippen LogP contribution < -0.4 is 11.1 Å². The fourth-order valence-electron chi connectivity index (χ4n) is 0.878. The molecule has 0 aromatic carbocycles. The van der Waals surface area contributed by atoms with Gasteiger partial charge in [-0.3, -0.25) is 4.79 Å². The van der Waals surface area contributed by atoms with Crippen LogP contribution in [0, 0.1) is 12.3 Å². The van der Waals surface area contributed by atoms with Crippen molar-refractivity contribution in [1.82, 2.24) is 5.32 Å². The Morgan fingerprint density at radius 1 is 1.78 bits per heavy atom. The first kappa shape index (κ1) is 6.55. The fraction of sp³-hybridized carbons (Fsp3) is 0.667. The van der Waals surface area contributed by atoms with Gasteiger partial charge in [0.05, 0.1) is 5.92 Å². The van der Waals surface area contributed by atoms with Crippen LogP contribution in [-0.2, 0) is 4.79 Å². The summed E-state index contributed by atoms with van der Waals surface area (Å²) >= 11 is 0. The fourth-order valence-corrected chi connectivity index (χ4v) is 0.878. The predicted octanol–water partition coefficient (Wildman–Crippen LogP) is -0.700. The molecule has 1 heterocycles. The highest BCUT2D eigenvalue weighted by atomic mass is 16.1. The number of primary amides is 1. The van der Waals surface area contributed by atoms with Crippen molar-refractivity contribution in [3.05, 3.63) is 6.42 Å². The Hall–Kier alpha value is -0.570. The quantitative estimate of drug-likeness (QED) is 0.496. The van der Waals surface area contributed by atoms with Crippen LogP contribution in [0.25, 0.3) is 0 Å². The van der Waals surface area contributed by atoms with Gasteiger partial charge in [-0.25, -0.2) is 5.32 Å². The van der Waals surface area contributed by atoms with Crippen molar-refractivity contribution in [2.24, 2.45) is 11.7 Å². The van der Waals surface area contributed by atoms with E-state index in [9.17, 15) is 4.79 Å². The highest BCUT2D eigenvalue weighted by Crippen LogP contribution is 2.07. The molecule has 1 atom stereocenters. The molecule has 1 aliphatic heterocycles. The van der Waals surface area contributed by atoms with Crippen molar-refractivity contribution in [2.75, 3.05) is 13.1 Å². The highest BCUT2D eigenvalue weighted by molar-refractivity contribution is 5.78. The second kappa shape index (κ2) is 2.82. The number of nitrogens with two attached hydrogens (primary N) is 1. The molecule has 1 saturated heterocycles. The van der Waals surface area contributed by atoms with E-state index in [0.717, 1.165) is 13.0 Å². The van der Waals surface area contributed by atoms with E-state index in [1.807, 2.05) is 6.42 Å². The summed E-state index contributed by atoms with van der Waals surface area (Å²) in [6.07, 6.45) is 2.84. The Bertz CT molecular complexity index is 108. The molecule has 50 valence electrons. The van der Waals surface area contributed by atoms with Crippen molar-refractivity contribution < 1.29 is 4.79 Å². The minimum Gasteiger partial charge on any atom is -0.369 e. The molecule has 9 heavy (non-hydrogen) atoms. The van der Waals surface area contributed by atoms with E-state index in [-0.39, 0.29) is 11.8 Å². The van der Waals surface area contributed by atoms with Crippen molar-refractivity contribution in [1.29, 1.82) is 0 Å². The van der Waals surface area contributed by atoms with Crippen molar-refractivity contribution in [3.8, 4) is 0 Å². The number of nitrogens with zero attached hydrogens (tertiary/aromatic N) is 1. The lowest BCUT2D eigenvalue weighted by atomic mass is 9.99. The Balaban J connectivity index is 2.31. The molecule has 0 aromatic rings. The van der Waals surface area contributed by atoms with Crippen LogP contribution in [0.5, 0.6) is 0 Å². The average Bonchev–Trinajstić information content (AvgIpc) is 1.90. The maximum atomic E-state index is 10.5. The van der Waals surface area contributed by atoms with Gasteiger partial charge in [0.2, 0.25) is 5.91 Å². The smallest absolute Gasteiger partial charge is 0.222 e. The van der Waals surface area contributed by atoms with E-state index >= 15 is 0 Å². The zero-order valence-electron chi connectivity index (χ0n) is 5.21. The first-order valence-corrected chi connectivity index (χ1v) is 3.06. The Morgan fingerprint density at radius 3 is 2.89 bits per heavy atom. The maximum absolute atomic E-state index is 10.5. The molecule has 0 saturated carbocycles. The molecule has 2 radical (unpaired) electrons. The largest absolute Gasteiger partial charge is 0.369 e. The number of hydrogen-bond donors (Lipinski definition) is 1. The molecule has 1 amide bonds. The molecule has 1 fully saturated rings. The zero-order chi connectivity index (χ0) is 6.69. The molecule has 0 spiro atoms. The second-order valence-corrected chi connectivity index (χ2v) is 2.16. The van der Waals surface area contributed by atoms with Crippen LogP contribution in [0.3, 0.4) is 0 Å². The average molecular weight is 126 g/mol. The summed E-state index contributed by atoms with van der Waals surface area (Å²) in [7, 11) is 0. The molecule has 1 aliphatic rings. The van der Waals surface area contributed by atoms with Crippen LogP contribution in [0.15, 0.2) is 0 Å². The summed E-state index contributed by atoms with van der Waals surface area (Å²) in [5.41, 5.74) is 5.04. The Labute approximate surface area is 54.6 Å². The first-order chi connectivity index (χ1) is 4.30. The van der Waals surface area contributed by atoms with Crippen molar-refractivity contribution in [2.45, 2.75) is 6.42 Å². The molecular formula is C6H10N2O. The number of carbonyl (C=O) groups excluding carboxylic acids is 1. The van der Waals surface area contributed by atoms with Gasteiger partial charge in [0.25, 0.3) is 0 Å². The summed E-state index contributed by atoms with van der Waals surface area (Å²) in [4.78, 5) is 10.5. The summed E-state index contributed by atoms with van der Waals surface area (Å²) in [6, 6.07) is 0.